The third kappa shape index (κ3) is 5.16. The van der Waals surface area contributed by atoms with E-state index in [1.54, 1.807) is 33.3 Å². The Kier molecular flexibility index (Phi) is 7.35. The SMILES string of the molecule is COc1cc(C(=O)NC2(c3noc(C)n3)CCCCCC2)cc(OC)c1OCc1ccccc1. The first kappa shape index (κ1) is 23.6. The van der Waals surface area contributed by atoms with Gasteiger partial charge < -0.3 is 24.1 Å². The molecule has 3 aromatic rings. The van der Waals surface area contributed by atoms with Crippen molar-refractivity contribution in [3.63, 3.8) is 0 Å². The standard InChI is InChI=1S/C26H31N3O5/c1-18-27-25(29-34-18)26(13-9-4-5-10-14-26)28-24(30)20-15-21(31-2)23(22(16-20)32-3)33-17-19-11-7-6-8-12-19/h6-8,11-12,15-16H,4-5,9-10,13-14,17H2,1-3H3,(H,28,30). The highest BCUT2D eigenvalue weighted by Crippen LogP contribution is 2.40. The van der Waals surface area contributed by atoms with E-state index in [9.17, 15) is 4.79 Å². The first-order chi connectivity index (χ1) is 16.5. The number of aryl methyl sites for hydroxylation is 1. The van der Waals surface area contributed by atoms with Crippen molar-refractivity contribution in [1.82, 2.24) is 15.5 Å². The van der Waals surface area contributed by atoms with Crippen LogP contribution in [0.3, 0.4) is 0 Å². The van der Waals surface area contributed by atoms with Crippen LogP contribution in [0.4, 0.5) is 0 Å². The number of hydrogen-bond acceptors (Lipinski definition) is 7. The van der Waals surface area contributed by atoms with Crippen LogP contribution in [0.5, 0.6) is 17.2 Å². The van der Waals surface area contributed by atoms with E-state index >= 15 is 0 Å². The van der Waals surface area contributed by atoms with Gasteiger partial charge in [-0.05, 0) is 30.5 Å². The maximum atomic E-state index is 13.5. The highest BCUT2D eigenvalue weighted by Gasteiger charge is 2.39. The van der Waals surface area contributed by atoms with Crippen molar-refractivity contribution in [2.24, 2.45) is 0 Å². The van der Waals surface area contributed by atoms with E-state index in [4.69, 9.17) is 18.7 Å². The number of nitrogens with zero attached hydrogens (tertiary/aromatic N) is 2. The molecule has 1 amide bonds. The van der Waals surface area contributed by atoms with E-state index in [1.165, 1.54) is 0 Å². The second-order valence-electron chi connectivity index (χ2n) is 8.57. The predicted octanol–water partition coefficient (Wildman–Crippen LogP) is 4.95. The molecule has 34 heavy (non-hydrogen) atoms. The minimum Gasteiger partial charge on any atom is -0.493 e. The smallest absolute Gasteiger partial charge is 0.252 e. The summed E-state index contributed by atoms with van der Waals surface area (Å²) < 4.78 is 22.4. The fourth-order valence-electron chi connectivity index (χ4n) is 4.40. The maximum Gasteiger partial charge on any atom is 0.252 e. The molecule has 0 saturated heterocycles. The fourth-order valence-corrected chi connectivity index (χ4v) is 4.40. The third-order valence-corrected chi connectivity index (χ3v) is 6.21. The summed E-state index contributed by atoms with van der Waals surface area (Å²) in [5.41, 5.74) is 0.748. The van der Waals surface area contributed by atoms with Gasteiger partial charge in [0.05, 0.1) is 14.2 Å². The lowest BCUT2D eigenvalue weighted by Crippen LogP contribution is -2.46. The van der Waals surface area contributed by atoms with Crippen LogP contribution in [-0.2, 0) is 12.1 Å². The van der Waals surface area contributed by atoms with Crippen molar-refractivity contribution in [1.29, 1.82) is 0 Å². The van der Waals surface area contributed by atoms with E-state index in [2.05, 4.69) is 15.5 Å². The lowest BCUT2D eigenvalue weighted by molar-refractivity contribution is 0.0875. The second-order valence-corrected chi connectivity index (χ2v) is 8.57. The van der Waals surface area contributed by atoms with Gasteiger partial charge in [-0.1, -0.05) is 61.2 Å². The highest BCUT2D eigenvalue weighted by atomic mass is 16.5. The normalized spacial score (nSPS) is 15.3. The number of benzene rings is 2. The molecule has 1 N–H and O–H groups in total. The van der Waals surface area contributed by atoms with E-state index in [-0.39, 0.29) is 5.91 Å². The van der Waals surface area contributed by atoms with Crippen LogP contribution in [0.2, 0.25) is 0 Å². The van der Waals surface area contributed by atoms with Crippen LogP contribution in [0, 0.1) is 6.92 Å². The van der Waals surface area contributed by atoms with E-state index in [0.29, 0.717) is 41.1 Å². The summed E-state index contributed by atoms with van der Waals surface area (Å²) in [6, 6.07) is 13.2. The summed E-state index contributed by atoms with van der Waals surface area (Å²) >= 11 is 0. The summed E-state index contributed by atoms with van der Waals surface area (Å²) in [6.45, 7) is 2.10. The van der Waals surface area contributed by atoms with Gasteiger partial charge in [-0.3, -0.25) is 4.79 Å². The molecule has 2 aromatic carbocycles. The minimum atomic E-state index is -0.672. The van der Waals surface area contributed by atoms with Gasteiger partial charge in [-0.2, -0.15) is 4.98 Å². The Morgan fingerprint density at radius 3 is 2.24 bits per heavy atom. The topological polar surface area (TPSA) is 95.7 Å². The molecule has 180 valence electrons. The number of rotatable bonds is 8. The lowest BCUT2D eigenvalue weighted by atomic mass is 9.88. The molecule has 0 aliphatic heterocycles. The average Bonchev–Trinajstić information content (AvgIpc) is 3.17. The van der Waals surface area contributed by atoms with Crippen LogP contribution in [0.25, 0.3) is 0 Å². The molecular weight excluding hydrogens is 434 g/mol. The van der Waals surface area contributed by atoms with Crippen molar-refractivity contribution < 1.29 is 23.5 Å². The van der Waals surface area contributed by atoms with Gasteiger partial charge in [0.1, 0.15) is 12.1 Å². The minimum absolute atomic E-state index is 0.254. The Labute approximate surface area is 199 Å². The van der Waals surface area contributed by atoms with Crippen molar-refractivity contribution in [2.45, 2.75) is 57.6 Å². The molecule has 0 atom stereocenters. The van der Waals surface area contributed by atoms with Gasteiger partial charge in [-0.25, -0.2) is 0 Å². The molecule has 4 rings (SSSR count). The molecule has 0 bridgehead atoms. The quantitative estimate of drug-likeness (QED) is 0.470. The Bertz CT molecular complexity index is 1080. The average molecular weight is 466 g/mol. The molecule has 0 unspecified atom stereocenters. The van der Waals surface area contributed by atoms with Gasteiger partial charge in [0, 0.05) is 12.5 Å². The summed E-state index contributed by atoms with van der Waals surface area (Å²) in [5, 5.41) is 7.39. The number of ether oxygens (including phenoxy) is 3. The number of methoxy groups -OCH3 is 2. The van der Waals surface area contributed by atoms with Crippen molar-refractivity contribution in [3.8, 4) is 17.2 Å². The monoisotopic (exact) mass is 465 g/mol. The summed E-state index contributed by atoms with van der Waals surface area (Å²) in [5.74, 6) is 2.05. The number of aromatic nitrogens is 2. The largest absolute Gasteiger partial charge is 0.493 e. The zero-order valence-electron chi connectivity index (χ0n) is 19.9. The molecule has 1 aliphatic rings. The Hall–Kier alpha value is -3.55. The zero-order valence-corrected chi connectivity index (χ0v) is 19.9. The predicted molar refractivity (Wildman–Crippen MR) is 126 cm³/mol. The highest BCUT2D eigenvalue weighted by molar-refractivity contribution is 5.96. The summed E-state index contributed by atoms with van der Waals surface area (Å²) in [4.78, 5) is 18.0. The number of carbonyl (C=O) groups excluding carboxylic acids is 1. The first-order valence-corrected chi connectivity index (χ1v) is 11.6. The van der Waals surface area contributed by atoms with Crippen molar-refractivity contribution >= 4 is 5.91 Å². The summed E-state index contributed by atoms with van der Waals surface area (Å²) in [6.07, 6.45) is 5.70. The molecule has 0 radical (unpaired) electrons. The number of amides is 1. The van der Waals surface area contributed by atoms with Gasteiger partial charge in [-0.15, -0.1) is 0 Å². The number of hydrogen-bond donors (Lipinski definition) is 1. The lowest BCUT2D eigenvalue weighted by Gasteiger charge is -2.31. The van der Waals surface area contributed by atoms with Crippen LogP contribution < -0.4 is 19.5 Å². The van der Waals surface area contributed by atoms with Crippen molar-refractivity contribution in [3.05, 3.63) is 65.3 Å². The van der Waals surface area contributed by atoms with Crippen LogP contribution in [0.15, 0.2) is 47.0 Å². The molecule has 0 spiro atoms. The second kappa shape index (κ2) is 10.6. The van der Waals surface area contributed by atoms with Crippen LogP contribution >= 0.6 is 0 Å². The van der Waals surface area contributed by atoms with Gasteiger partial charge in [0.25, 0.3) is 5.91 Å². The molecule has 8 heteroatoms. The number of carbonyl (C=O) groups is 1. The molecule has 1 heterocycles. The maximum absolute atomic E-state index is 13.5. The van der Waals surface area contributed by atoms with Crippen molar-refractivity contribution in [2.75, 3.05) is 14.2 Å². The van der Waals surface area contributed by atoms with E-state index in [1.807, 2.05) is 30.3 Å². The van der Waals surface area contributed by atoms with E-state index < -0.39 is 5.54 Å². The van der Waals surface area contributed by atoms with Crippen LogP contribution in [-0.4, -0.2) is 30.3 Å². The first-order valence-electron chi connectivity index (χ1n) is 11.6. The Morgan fingerprint density at radius 2 is 1.68 bits per heavy atom. The number of nitrogens with one attached hydrogen (secondary N) is 1. The van der Waals surface area contributed by atoms with Crippen LogP contribution in [0.1, 0.15) is 66.2 Å². The zero-order chi connectivity index (χ0) is 24.0. The van der Waals surface area contributed by atoms with Gasteiger partial charge in [0.15, 0.2) is 17.3 Å². The Morgan fingerprint density at radius 1 is 1.03 bits per heavy atom. The fraction of sp³-hybridized carbons (Fsp3) is 0.423. The van der Waals surface area contributed by atoms with E-state index in [0.717, 1.165) is 44.1 Å². The van der Waals surface area contributed by atoms with Gasteiger partial charge in [0.2, 0.25) is 11.6 Å². The molecule has 1 saturated carbocycles. The third-order valence-electron chi connectivity index (χ3n) is 6.21. The summed E-state index contributed by atoms with van der Waals surface area (Å²) in [7, 11) is 3.08. The molecule has 8 nitrogen and oxygen atoms in total. The van der Waals surface area contributed by atoms with Gasteiger partial charge >= 0.3 is 0 Å². The molecule has 1 aliphatic carbocycles. The molecule has 1 fully saturated rings. The molecule has 1 aromatic heterocycles. The molecular formula is C26H31N3O5. The Balaban J connectivity index is 1.61.